The number of primary amides is 1. The third kappa shape index (κ3) is 44.5. The second-order valence-corrected chi connectivity index (χ2v) is 34.9. The van der Waals surface area contributed by atoms with Crippen molar-refractivity contribution in [2.24, 2.45) is 11.5 Å². The number of likely N-dealkylation sites (tertiary alicyclic amines) is 2. The molecule has 47 heteroatoms. The van der Waals surface area contributed by atoms with Crippen LogP contribution in [-0.4, -0.2) is 321 Å². The molecule has 3 fully saturated rings. The number of benzene rings is 1. The van der Waals surface area contributed by atoms with E-state index in [2.05, 4.69) is 84.1 Å². The van der Waals surface area contributed by atoms with E-state index in [1.165, 1.54) is 60.8 Å². The fraction of sp³-hybridized carbons (Fsp3) is 0.659. The molecule has 15 amide bonds. The third-order valence-corrected chi connectivity index (χ3v) is 23.7. The summed E-state index contributed by atoms with van der Waals surface area (Å²) in [6.45, 7) is -0.845. The molecule has 766 valence electrons. The number of carbonyl (C=O) groups excluding carboxylic acids is 15. The number of amides is 15. The lowest BCUT2D eigenvalue weighted by atomic mass is 10.0. The largest absolute Gasteiger partial charge is 0.481 e. The van der Waals surface area contributed by atoms with Crippen LogP contribution in [0.1, 0.15) is 230 Å². The van der Waals surface area contributed by atoms with E-state index < -0.39 is 199 Å². The summed E-state index contributed by atoms with van der Waals surface area (Å²) in [5.41, 5.74) is 12.8. The molecule has 47 nitrogen and oxygen atoms in total. The van der Waals surface area contributed by atoms with Crippen LogP contribution in [0.15, 0.2) is 43.0 Å². The maximum atomic E-state index is 15.5. The summed E-state index contributed by atoms with van der Waals surface area (Å²) < 4.78 is 11.0. The number of unbranched alkanes of at least 4 members (excludes halogenated alkanes) is 15. The van der Waals surface area contributed by atoms with Gasteiger partial charge >= 0.3 is 23.9 Å². The Morgan fingerprint density at radius 3 is 1.78 bits per heavy atom. The minimum absolute atomic E-state index is 0.0141. The number of carbonyl (C=O) groups is 19. The van der Waals surface area contributed by atoms with Crippen LogP contribution in [0.5, 0.6) is 0 Å². The van der Waals surface area contributed by atoms with Crippen molar-refractivity contribution in [1.82, 2.24) is 98.8 Å². The van der Waals surface area contributed by atoms with Crippen molar-refractivity contribution in [3.05, 3.63) is 54.2 Å². The highest BCUT2D eigenvalue weighted by molar-refractivity contribution is 6.01. The number of imidazole rings is 1. The van der Waals surface area contributed by atoms with Gasteiger partial charge in [0.1, 0.15) is 67.0 Å². The van der Waals surface area contributed by atoms with Gasteiger partial charge in [0.2, 0.25) is 88.6 Å². The number of rotatable bonds is 59. The van der Waals surface area contributed by atoms with Crippen LogP contribution in [0.3, 0.4) is 0 Å². The van der Waals surface area contributed by atoms with Crippen LogP contribution in [0.2, 0.25) is 0 Å². The number of para-hydroxylation sites is 1. The molecule has 0 unspecified atom stereocenters. The Bertz CT molecular complexity index is 4480. The van der Waals surface area contributed by atoms with Gasteiger partial charge in [-0.15, -0.1) is 0 Å². The average molecular weight is 1940 g/mol. The van der Waals surface area contributed by atoms with E-state index >= 15 is 14.4 Å². The molecule has 10 atom stereocenters. The zero-order chi connectivity index (χ0) is 101. The number of guanidine groups is 1. The van der Waals surface area contributed by atoms with E-state index in [1.807, 2.05) is 0 Å². The smallest absolute Gasteiger partial charge is 0.317 e. The predicted molar refractivity (Wildman–Crippen MR) is 499 cm³/mol. The molecule has 5 heterocycles. The van der Waals surface area contributed by atoms with Gasteiger partial charge in [-0.2, -0.15) is 0 Å². The molecule has 0 saturated carbocycles. The molecule has 3 aliphatic rings. The first-order valence-electron chi connectivity index (χ1n) is 47.9. The van der Waals surface area contributed by atoms with Crippen LogP contribution in [-0.2, 0) is 113 Å². The summed E-state index contributed by atoms with van der Waals surface area (Å²) in [6.07, 6.45) is 18.1. The summed E-state index contributed by atoms with van der Waals surface area (Å²) in [5.74, 6) is -17.6. The van der Waals surface area contributed by atoms with E-state index in [-0.39, 0.29) is 194 Å². The Morgan fingerprint density at radius 2 is 1.14 bits per heavy atom. The number of aliphatic carboxylic acids is 4. The van der Waals surface area contributed by atoms with Gasteiger partial charge in [0.15, 0.2) is 5.96 Å². The summed E-state index contributed by atoms with van der Waals surface area (Å²) in [4.78, 5) is 271. The number of carboxylic acids is 4. The lowest BCUT2D eigenvalue weighted by Crippen LogP contribution is -2.60. The van der Waals surface area contributed by atoms with E-state index in [1.54, 1.807) is 30.5 Å². The number of aromatic nitrogens is 3. The zero-order valence-corrected chi connectivity index (χ0v) is 78.8. The van der Waals surface area contributed by atoms with Crippen LogP contribution in [0.4, 0.5) is 0 Å². The Labute approximate surface area is 800 Å². The Morgan fingerprint density at radius 1 is 0.543 bits per heavy atom. The fourth-order valence-corrected chi connectivity index (χ4v) is 16.6. The van der Waals surface area contributed by atoms with Gasteiger partial charge in [0, 0.05) is 102 Å². The van der Waals surface area contributed by atoms with Crippen molar-refractivity contribution in [2.75, 3.05) is 91.9 Å². The van der Waals surface area contributed by atoms with Crippen molar-refractivity contribution in [3.8, 4) is 0 Å². The molecule has 3 aliphatic heterocycles. The first-order chi connectivity index (χ1) is 66.2. The minimum Gasteiger partial charge on any atom is -0.481 e. The average Bonchev–Trinajstić information content (AvgIpc) is 1.63. The van der Waals surface area contributed by atoms with E-state index in [9.17, 15) is 92.0 Å². The number of carboxylic acid groups (broad SMARTS) is 4. The van der Waals surface area contributed by atoms with Gasteiger partial charge in [-0.1, -0.05) is 95.2 Å². The zero-order valence-electron chi connectivity index (χ0n) is 78.8. The molecule has 0 radical (unpaired) electrons. The number of nitrogens with two attached hydrogens (primary N) is 2. The molecule has 0 spiro atoms. The van der Waals surface area contributed by atoms with Crippen LogP contribution in [0, 0.1) is 5.41 Å². The van der Waals surface area contributed by atoms with Gasteiger partial charge in [0.25, 0.3) is 0 Å². The Hall–Kier alpha value is -13.0. The number of nitrogens with one attached hydrogen (secondary N) is 16. The highest BCUT2D eigenvalue weighted by atomic mass is 16.5. The van der Waals surface area contributed by atoms with Crippen molar-refractivity contribution < 1.29 is 121 Å². The summed E-state index contributed by atoms with van der Waals surface area (Å²) in [5, 5.41) is 80.3. The number of H-pyrrole nitrogens is 2. The number of hydrogen-bond donors (Lipinski definition) is 22. The van der Waals surface area contributed by atoms with Gasteiger partial charge in [-0.3, -0.25) is 101 Å². The third-order valence-electron chi connectivity index (χ3n) is 23.7. The highest BCUT2D eigenvalue weighted by Gasteiger charge is 2.45. The number of aromatic amines is 2. The topological polar surface area (TPSA) is 710 Å². The van der Waals surface area contributed by atoms with Crippen molar-refractivity contribution in [3.63, 3.8) is 0 Å². The Kier molecular flexibility index (Phi) is 52.3. The van der Waals surface area contributed by atoms with Gasteiger partial charge < -0.3 is 130 Å². The molecule has 2 aromatic heterocycles. The van der Waals surface area contributed by atoms with E-state index in [0.29, 0.717) is 35.1 Å². The standard InChI is InChI=1S/C91H142N22O25/c1-58(114)103-66-36-37-74(116)96-39-23-31-67(107-86(132)68(48-59-51-100-62-27-17-16-26-61(59)62)108-83(129)64(30-22-40-99-91(93)94)104-75(117)53-101-82(128)69(109-85(66)131)49-60-52-95-57-102-60)89(135)113-44-25-33-72(113)90(136)112-43-24-32-71(112)88(134)110-70(50-78(121)122)87(133)106-65(29-19-21-42-111(54-79(123)124)55-80(125)126)84(130)105-63(81(92)127)28-18-20-38-97-76(118)56-138-47-46-137-45-41-98-73(115)34-14-12-10-8-6-4-2-3-5-7-9-11-13-15-35-77(119)120/h16-17,26-27,51-52,57,63-72,100H,2-15,18-25,28-50,53-56H2,1H3,(H2,92,127)(H,95,102)(H,96,116)(H,97,118)(H,98,115)(H,101,128)(H,103,114)(H,104,117)(H,105,130)(H,106,133)(H,107,132)(H,108,129)(H,109,131)(H,110,134)(H,119,120)(H,121,122)(H,123,124)(H,125,126)(H4,93,94,99)/t63-,64-,65-,66-,67-,68-,69-,70-,71-,72-/m0/s1. The normalized spacial score (nSPS) is 18.8. The van der Waals surface area contributed by atoms with Crippen molar-refractivity contribution in [1.29, 1.82) is 5.41 Å². The lowest BCUT2D eigenvalue weighted by molar-refractivity contribution is -0.148. The molecule has 3 aromatic rings. The van der Waals surface area contributed by atoms with Crippen LogP contribution >= 0.6 is 0 Å². The molecule has 0 aliphatic carbocycles. The summed E-state index contributed by atoms with van der Waals surface area (Å²) in [6, 6.07) is -8.05. The molecule has 3 saturated heterocycles. The molecule has 6 rings (SSSR count). The lowest BCUT2D eigenvalue weighted by Gasteiger charge is -2.33. The van der Waals surface area contributed by atoms with Gasteiger partial charge in [0.05, 0.1) is 57.9 Å². The number of hydrogen-bond acceptors (Lipinski definition) is 24. The monoisotopic (exact) mass is 1940 g/mol. The van der Waals surface area contributed by atoms with Crippen molar-refractivity contribution >= 4 is 129 Å². The molecular formula is C91H142N22O25. The quantitative estimate of drug-likeness (QED) is 0.0183. The second kappa shape index (κ2) is 63.5. The second-order valence-electron chi connectivity index (χ2n) is 34.9. The Balaban J connectivity index is 1.10. The number of nitrogens with zero attached hydrogens (tertiary/aromatic N) is 4. The first kappa shape index (κ1) is 114. The highest BCUT2D eigenvalue weighted by Crippen LogP contribution is 2.28. The SMILES string of the molecule is CC(=O)N[C@H]1CCC(=O)NCCC[C@@H](C(=O)N2CCC[C@H]2C(=O)N2CCC[C@H]2C(=O)N[C@@H](CC(=O)O)C(=O)N[C@@H](CCCCN(CC(=O)O)CC(=O)O)C(=O)N[C@@H](CCCCNC(=O)COCCOCCNC(=O)CCCCCCCCCCCCCCCCC(=O)O)C(N)=O)NC(=O)[C@H](Cc2c[nH]c3ccccc23)NC(=O)[C@H](CCCNC(=N)N)NC(=O)CNC(=O)[C@H](Cc2c[nH]cn2)NC1=O. The van der Waals surface area contributed by atoms with E-state index in [0.717, 1.165) is 63.2 Å². The first-order valence-corrected chi connectivity index (χ1v) is 47.9. The van der Waals surface area contributed by atoms with Crippen molar-refractivity contribution in [2.45, 2.75) is 292 Å². The maximum Gasteiger partial charge on any atom is 0.317 e. The number of fused-ring (bicyclic) bond motifs is 1. The molecule has 0 bridgehead atoms. The summed E-state index contributed by atoms with van der Waals surface area (Å²) >= 11 is 0. The van der Waals surface area contributed by atoms with Gasteiger partial charge in [-0.25, -0.2) is 4.98 Å². The van der Waals surface area contributed by atoms with Gasteiger partial charge in [-0.05, 0) is 127 Å². The molecule has 1 aromatic carbocycles. The van der Waals surface area contributed by atoms with E-state index in [4.69, 9.17) is 31.5 Å². The molecule has 24 N–H and O–H groups in total. The predicted octanol–water partition coefficient (Wildman–Crippen LogP) is -1.01. The number of ether oxygens (including phenoxy) is 2. The maximum absolute atomic E-state index is 15.5. The summed E-state index contributed by atoms with van der Waals surface area (Å²) in [7, 11) is 0. The minimum atomic E-state index is -1.97. The van der Waals surface area contributed by atoms with Crippen LogP contribution < -0.4 is 80.6 Å². The van der Waals surface area contributed by atoms with Crippen LogP contribution in [0.25, 0.3) is 10.9 Å². The molecule has 138 heavy (non-hydrogen) atoms. The fourth-order valence-electron chi connectivity index (χ4n) is 16.6. The molecular weight excluding hydrogens is 1800 g/mol.